The summed E-state index contributed by atoms with van der Waals surface area (Å²) in [6.45, 7) is 0. The minimum absolute atomic E-state index is 0.230. The minimum Gasteiger partial charge on any atom is -0.361 e. The average Bonchev–Trinajstić information content (AvgIpc) is 2.48. The van der Waals surface area contributed by atoms with Crippen molar-refractivity contribution in [3.63, 3.8) is 0 Å². The molecule has 2 aromatic rings. The molecule has 0 amide bonds. The van der Waals surface area contributed by atoms with Crippen molar-refractivity contribution in [1.29, 1.82) is 0 Å². The minimum atomic E-state index is -4.17. The highest BCUT2D eigenvalue weighted by atomic mass is 32.2. The number of aromatic nitrogens is 3. The number of hydrogen-bond donors (Lipinski definition) is 1. The Bertz CT molecular complexity index is 959. The third kappa shape index (κ3) is 3.11. The van der Waals surface area contributed by atoms with Gasteiger partial charge in [-0.3, -0.25) is 14.1 Å². The molecule has 1 N–H and O–H groups in total. The zero-order chi connectivity index (χ0) is 17.4. The maximum absolute atomic E-state index is 12.5. The van der Waals surface area contributed by atoms with E-state index in [4.69, 9.17) is 0 Å². The highest BCUT2D eigenvalue weighted by Crippen LogP contribution is 2.22. The average molecular weight is 339 g/mol. The Labute approximate surface area is 132 Å². The Balaban J connectivity index is 2.58. The maximum Gasteiger partial charge on any atom is 0.330 e. The zero-order valence-electron chi connectivity index (χ0n) is 13.1. The van der Waals surface area contributed by atoms with Crippen molar-refractivity contribution in [1.82, 2.24) is 14.1 Å². The van der Waals surface area contributed by atoms with Crippen LogP contribution in [0.15, 0.2) is 39.0 Å². The van der Waals surface area contributed by atoms with Crippen LogP contribution in [-0.4, -0.2) is 36.6 Å². The first-order valence-corrected chi connectivity index (χ1v) is 8.05. The Kier molecular flexibility index (Phi) is 4.28. The molecule has 10 heteroatoms. The van der Waals surface area contributed by atoms with E-state index in [9.17, 15) is 18.0 Å². The zero-order valence-corrected chi connectivity index (χ0v) is 14.0. The van der Waals surface area contributed by atoms with E-state index in [0.29, 0.717) is 5.82 Å². The van der Waals surface area contributed by atoms with Gasteiger partial charge in [-0.05, 0) is 12.1 Å². The van der Waals surface area contributed by atoms with Gasteiger partial charge in [-0.15, -0.1) is 0 Å². The van der Waals surface area contributed by atoms with Gasteiger partial charge in [0.25, 0.3) is 15.6 Å². The van der Waals surface area contributed by atoms with Crippen molar-refractivity contribution in [2.75, 3.05) is 23.7 Å². The van der Waals surface area contributed by atoms with E-state index >= 15 is 0 Å². The fourth-order valence-corrected chi connectivity index (χ4v) is 3.21. The van der Waals surface area contributed by atoms with Crippen LogP contribution in [0.1, 0.15) is 0 Å². The van der Waals surface area contributed by atoms with E-state index in [0.717, 1.165) is 15.3 Å². The molecule has 2 rings (SSSR count). The highest BCUT2D eigenvalue weighted by Gasteiger charge is 2.23. The maximum atomic E-state index is 12.5. The van der Waals surface area contributed by atoms with Crippen LogP contribution in [0.25, 0.3) is 0 Å². The predicted octanol–water partition coefficient (Wildman–Crippen LogP) is -0.654. The Morgan fingerprint density at radius 3 is 2.48 bits per heavy atom. The summed E-state index contributed by atoms with van der Waals surface area (Å²) >= 11 is 0. The largest absolute Gasteiger partial charge is 0.361 e. The van der Waals surface area contributed by atoms with Crippen LogP contribution in [0.2, 0.25) is 0 Å². The summed E-state index contributed by atoms with van der Waals surface area (Å²) in [5.41, 5.74) is -1.27. The van der Waals surface area contributed by atoms with Gasteiger partial charge in [0, 0.05) is 40.6 Å². The van der Waals surface area contributed by atoms with Crippen LogP contribution in [0.4, 0.5) is 11.5 Å². The van der Waals surface area contributed by atoms with Gasteiger partial charge in [0.1, 0.15) is 0 Å². The van der Waals surface area contributed by atoms with E-state index in [1.165, 1.54) is 26.4 Å². The fourth-order valence-electron chi connectivity index (χ4n) is 1.99. The molecule has 0 bridgehead atoms. The SMILES string of the molecule is CN(C)c1ncccc1NS(=O)(=O)c1cn(C)c(=O)n(C)c1=O. The molecule has 0 saturated heterocycles. The van der Waals surface area contributed by atoms with Crippen molar-refractivity contribution < 1.29 is 8.42 Å². The van der Waals surface area contributed by atoms with Gasteiger partial charge in [-0.2, -0.15) is 0 Å². The van der Waals surface area contributed by atoms with Crippen LogP contribution in [0, 0.1) is 0 Å². The van der Waals surface area contributed by atoms with Crippen LogP contribution in [0.3, 0.4) is 0 Å². The second-order valence-electron chi connectivity index (χ2n) is 5.13. The van der Waals surface area contributed by atoms with Crippen LogP contribution in [-0.2, 0) is 24.1 Å². The smallest absolute Gasteiger partial charge is 0.330 e. The standard InChI is InChI=1S/C13H17N5O4S/c1-16(2)11-9(6-5-7-14-11)15-23(21,22)10-8-17(3)13(20)18(4)12(10)19/h5-8,15H,1-4H3. The Morgan fingerprint density at radius 2 is 1.87 bits per heavy atom. The summed E-state index contributed by atoms with van der Waals surface area (Å²) < 4.78 is 29.2. The molecule has 0 unspecified atom stereocenters. The first-order chi connectivity index (χ1) is 10.6. The fraction of sp³-hybridized carbons (Fsp3) is 0.308. The van der Waals surface area contributed by atoms with Crippen molar-refractivity contribution in [3.05, 3.63) is 45.4 Å². The van der Waals surface area contributed by atoms with Gasteiger partial charge < -0.3 is 9.47 Å². The number of hydrogen-bond acceptors (Lipinski definition) is 6. The molecule has 124 valence electrons. The third-order valence-electron chi connectivity index (χ3n) is 3.16. The van der Waals surface area contributed by atoms with E-state index in [2.05, 4.69) is 9.71 Å². The number of pyridine rings is 1. The topological polar surface area (TPSA) is 106 Å². The van der Waals surface area contributed by atoms with Gasteiger partial charge >= 0.3 is 5.69 Å². The predicted molar refractivity (Wildman–Crippen MR) is 86.3 cm³/mol. The molecule has 9 nitrogen and oxygen atoms in total. The molecule has 0 aliphatic rings. The molecule has 0 spiro atoms. The molecule has 0 radical (unpaired) electrons. The molecule has 0 fully saturated rings. The second kappa shape index (κ2) is 5.88. The molecule has 0 aliphatic carbocycles. The monoisotopic (exact) mass is 339 g/mol. The summed E-state index contributed by atoms with van der Waals surface area (Å²) in [6.07, 6.45) is 2.52. The van der Waals surface area contributed by atoms with E-state index in [1.807, 2.05) is 0 Å². The van der Waals surface area contributed by atoms with Crippen LogP contribution < -0.4 is 20.9 Å². The summed E-state index contributed by atoms with van der Waals surface area (Å²) in [4.78, 5) is 29.0. The third-order valence-corrected chi connectivity index (χ3v) is 4.51. The van der Waals surface area contributed by atoms with Crippen LogP contribution in [0.5, 0.6) is 0 Å². The number of sulfonamides is 1. The summed E-state index contributed by atoms with van der Waals surface area (Å²) in [5.74, 6) is 0.401. The van der Waals surface area contributed by atoms with Gasteiger partial charge in [-0.25, -0.2) is 18.2 Å². The molecule has 0 aromatic carbocycles. The van der Waals surface area contributed by atoms with Crippen molar-refractivity contribution in [2.24, 2.45) is 14.1 Å². The van der Waals surface area contributed by atoms with E-state index < -0.39 is 26.2 Å². The van der Waals surface area contributed by atoms with Crippen molar-refractivity contribution in [3.8, 4) is 0 Å². The van der Waals surface area contributed by atoms with Gasteiger partial charge in [0.15, 0.2) is 10.7 Å². The molecule has 23 heavy (non-hydrogen) atoms. The van der Waals surface area contributed by atoms with Gasteiger partial charge in [0.2, 0.25) is 0 Å². The van der Waals surface area contributed by atoms with Crippen LogP contribution >= 0.6 is 0 Å². The summed E-state index contributed by atoms with van der Waals surface area (Å²) in [5, 5.41) is 0. The summed E-state index contributed by atoms with van der Waals surface area (Å²) in [6, 6.07) is 3.11. The number of nitrogens with zero attached hydrogens (tertiary/aromatic N) is 4. The molecule has 2 heterocycles. The molecular formula is C13H17N5O4S. The lowest BCUT2D eigenvalue weighted by Crippen LogP contribution is -2.40. The van der Waals surface area contributed by atoms with Gasteiger partial charge in [0.05, 0.1) is 5.69 Å². The molecular weight excluding hydrogens is 322 g/mol. The number of nitrogens with one attached hydrogen (secondary N) is 1. The van der Waals surface area contributed by atoms with Crippen molar-refractivity contribution in [2.45, 2.75) is 4.90 Å². The Morgan fingerprint density at radius 1 is 1.22 bits per heavy atom. The Hall–Kier alpha value is -2.62. The number of rotatable bonds is 4. The molecule has 0 aliphatic heterocycles. The first kappa shape index (κ1) is 16.7. The normalized spacial score (nSPS) is 11.3. The number of anilines is 2. The quantitative estimate of drug-likeness (QED) is 0.793. The second-order valence-corrected chi connectivity index (χ2v) is 6.78. The molecule has 2 aromatic heterocycles. The lowest BCUT2D eigenvalue weighted by Gasteiger charge is -2.17. The first-order valence-electron chi connectivity index (χ1n) is 6.57. The van der Waals surface area contributed by atoms with Crippen molar-refractivity contribution >= 4 is 21.5 Å². The lowest BCUT2D eigenvalue weighted by atomic mass is 10.4. The lowest BCUT2D eigenvalue weighted by molar-refractivity contribution is 0.589. The molecule has 0 saturated carbocycles. The number of aryl methyl sites for hydroxylation is 1. The highest BCUT2D eigenvalue weighted by molar-refractivity contribution is 7.92. The molecule has 0 atom stereocenters. The summed E-state index contributed by atoms with van der Waals surface area (Å²) in [7, 11) is 1.85. The van der Waals surface area contributed by atoms with E-state index in [1.54, 1.807) is 25.1 Å². The van der Waals surface area contributed by atoms with E-state index in [-0.39, 0.29) is 5.69 Å². The van der Waals surface area contributed by atoms with Gasteiger partial charge in [-0.1, -0.05) is 0 Å².